The SMILES string of the molecule is O=C(CCn1ccc(=O)c([N+](=O)[O-])c1)NCc1ccc(F)cc1. The van der Waals surface area contributed by atoms with Gasteiger partial charge < -0.3 is 9.88 Å². The molecule has 0 bridgehead atoms. The average molecular weight is 319 g/mol. The summed E-state index contributed by atoms with van der Waals surface area (Å²) in [4.78, 5) is 32.9. The summed E-state index contributed by atoms with van der Waals surface area (Å²) in [6.07, 6.45) is 2.60. The molecule has 0 aliphatic rings. The van der Waals surface area contributed by atoms with Gasteiger partial charge in [-0.2, -0.15) is 0 Å². The van der Waals surface area contributed by atoms with Crippen molar-refractivity contribution in [1.82, 2.24) is 9.88 Å². The maximum atomic E-state index is 12.8. The minimum absolute atomic E-state index is 0.0984. The van der Waals surface area contributed by atoms with Crippen molar-refractivity contribution in [2.24, 2.45) is 0 Å². The van der Waals surface area contributed by atoms with E-state index < -0.39 is 16.0 Å². The van der Waals surface area contributed by atoms with Crippen LogP contribution in [0, 0.1) is 15.9 Å². The molecule has 8 heteroatoms. The summed E-state index contributed by atoms with van der Waals surface area (Å²) in [7, 11) is 0. The van der Waals surface area contributed by atoms with Crippen molar-refractivity contribution in [3.8, 4) is 0 Å². The van der Waals surface area contributed by atoms with Gasteiger partial charge in [0.1, 0.15) is 5.82 Å². The number of carbonyl (C=O) groups is 1. The number of hydrogen-bond acceptors (Lipinski definition) is 4. The minimum atomic E-state index is -0.757. The normalized spacial score (nSPS) is 10.3. The lowest BCUT2D eigenvalue weighted by atomic mass is 10.2. The lowest BCUT2D eigenvalue weighted by Crippen LogP contribution is -2.24. The Morgan fingerprint density at radius 3 is 2.61 bits per heavy atom. The van der Waals surface area contributed by atoms with Crippen LogP contribution in [0.4, 0.5) is 10.1 Å². The van der Waals surface area contributed by atoms with Crippen molar-refractivity contribution < 1.29 is 14.1 Å². The summed E-state index contributed by atoms with van der Waals surface area (Å²) in [6.45, 7) is 0.472. The molecule has 0 saturated carbocycles. The third-order valence-corrected chi connectivity index (χ3v) is 3.15. The van der Waals surface area contributed by atoms with Gasteiger partial charge in [0.15, 0.2) is 0 Å². The van der Waals surface area contributed by atoms with Crippen LogP contribution in [0.25, 0.3) is 0 Å². The Labute approximate surface area is 130 Å². The minimum Gasteiger partial charge on any atom is -0.352 e. The number of hydrogen-bond donors (Lipinski definition) is 1. The van der Waals surface area contributed by atoms with E-state index in [-0.39, 0.29) is 31.2 Å². The number of aryl methyl sites for hydroxylation is 1. The summed E-state index contributed by atoms with van der Waals surface area (Å²) in [5, 5.41) is 13.3. The van der Waals surface area contributed by atoms with Gasteiger partial charge in [-0.05, 0) is 17.7 Å². The molecule has 0 unspecified atom stereocenters. The van der Waals surface area contributed by atoms with Gasteiger partial charge in [-0.15, -0.1) is 0 Å². The van der Waals surface area contributed by atoms with Crippen LogP contribution in [0.1, 0.15) is 12.0 Å². The molecular formula is C15H14FN3O4. The van der Waals surface area contributed by atoms with Crippen molar-refractivity contribution in [1.29, 1.82) is 0 Å². The van der Waals surface area contributed by atoms with Crippen LogP contribution in [0.2, 0.25) is 0 Å². The second kappa shape index (κ2) is 7.30. The Morgan fingerprint density at radius 1 is 1.26 bits per heavy atom. The van der Waals surface area contributed by atoms with Gasteiger partial charge in [0.2, 0.25) is 5.91 Å². The van der Waals surface area contributed by atoms with E-state index in [0.29, 0.717) is 0 Å². The first-order chi connectivity index (χ1) is 11.0. The lowest BCUT2D eigenvalue weighted by Gasteiger charge is -2.07. The number of rotatable bonds is 6. The first kappa shape index (κ1) is 16.3. The highest BCUT2D eigenvalue weighted by Gasteiger charge is 2.12. The van der Waals surface area contributed by atoms with Crippen LogP contribution in [-0.2, 0) is 17.9 Å². The molecule has 2 rings (SSSR count). The fraction of sp³-hybridized carbons (Fsp3) is 0.200. The molecule has 1 amide bonds. The third-order valence-electron chi connectivity index (χ3n) is 3.15. The predicted molar refractivity (Wildman–Crippen MR) is 80.2 cm³/mol. The quantitative estimate of drug-likeness (QED) is 0.646. The first-order valence-corrected chi connectivity index (χ1v) is 6.81. The number of nitrogens with zero attached hydrogens (tertiary/aromatic N) is 2. The predicted octanol–water partition coefficient (Wildman–Crippen LogP) is 1.60. The highest BCUT2D eigenvalue weighted by atomic mass is 19.1. The Morgan fingerprint density at radius 2 is 1.96 bits per heavy atom. The van der Waals surface area contributed by atoms with Crippen molar-refractivity contribution in [3.63, 3.8) is 0 Å². The van der Waals surface area contributed by atoms with Gasteiger partial charge in [0.05, 0.1) is 11.1 Å². The van der Waals surface area contributed by atoms with Gasteiger partial charge in [0, 0.05) is 31.8 Å². The van der Waals surface area contributed by atoms with Gasteiger partial charge in [0.25, 0.3) is 5.43 Å². The second-order valence-electron chi connectivity index (χ2n) is 4.84. The number of aromatic nitrogens is 1. The molecule has 1 aromatic carbocycles. The molecule has 1 aromatic heterocycles. The number of halogens is 1. The number of carbonyl (C=O) groups excluding carboxylic acids is 1. The maximum Gasteiger partial charge on any atom is 0.332 e. The van der Waals surface area contributed by atoms with E-state index in [1.165, 1.54) is 22.9 Å². The van der Waals surface area contributed by atoms with Crippen molar-refractivity contribution in [2.75, 3.05) is 0 Å². The Bertz CT molecular complexity index is 771. The van der Waals surface area contributed by atoms with Crippen LogP contribution in [-0.4, -0.2) is 15.4 Å². The molecule has 0 fully saturated rings. The zero-order valence-corrected chi connectivity index (χ0v) is 12.1. The molecule has 0 saturated heterocycles. The lowest BCUT2D eigenvalue weighted by molar-refractivity contribution is -0.386. The van der Waals surface area contributed by atoms with Crippen LogP contribution in [0.5, 0.6) is 0 Å². The van der Waals surface area contributed by atoms with Gasteiger partial charge in [-0.3, -0.25) is 19.7 Å². The van der Waals surface area contributed by atoms with E-state index in [0.717, 1.165) is 17.8 Å². The van der Waals surface area contributed by atoms with Crippen molar-refractivity contribution in [2.45, 2.75) is 19.5 Å². The summed E-state index contributed by atoms with van der Waals surface area (Å²) in [5.41, 5.74) is -0.440. The molecule has 1 heterocycles. The molecule has 0 aliphatic carbocycles. The van der Waals surface area contributed by atoms with E-state index in [1.807, 2.05) is 0 Å². The van der Waals surface area contributed by atoms with Crippen molar-refractivity contribution in [3.05, 3.63) is 74.4 Å². The number of amides is 1. The molecular weight excluding hydrogens is 305 g/mol. The summed E-state index contributed by atoms with van der Waals surface area (Å²) < 4.78 is 14.2. The van der Waals surface area contributed by atoms with E-state index in [4.69, 9.17) is 0 Å². The Kier molecular flexibility index (Phi) is 5.19. The monoisotopic (exact) mass is 319 g/mol. The average Bonchev–Trinajstić information content (AvgIpc) is 2.53. The zero-order valence-electron chi connectivity index (χ0n) is 12.1. The topological polar surface area (TPSA) is 94.2 Å². The largest absolute Gasteiger partial charge is 0.352 e. The van der Waals surface area contributed by atoms with Crippen LogP contribution in [0.3, 0.4) is 0 Å². The van der Waals surface area contributed by atoms with Crippen LogP contribution >= 0.6 is 0 Å². The van der Waals surface area contributed by atoms with Gasteiger partial charge in [-0.1, -0.05) is 12.1 Å². The molecule has 1 N–H and O–H groups in total. The summed E-state index contributed by atoms with van der Waals surface area (Å²) >= 11 is 0. The molecule has 0 atom stereocenters. The number of nitrogens with one attached hydrogen (secondary N) is 1. The standard InChI is InChI=1S/C15H14FN3O4/c16-12-3-1-11(2-4-12)9-17-15(21)6-8-18-7-5-14(20)13(10-18)19(22)23/h1-5,7,10H,6,8-9H2,(H,17,21). The fourth-order valence-electron chi connectivity index (χ4n) is 1.91. The van der Waals surface area contributed by atoms with Gasteiger partial charge in [-0.25, -0.2) is 4.39 Å². The highest BCUT2D eigenvalue weighted by molar-refractivity contribution is 5.75. The Balaban J connectivity index is 1.87. The van der Waals surface area contributed by atoms with E-state index >= 15 is 0 Å². The number of nitro groups is 1. The van der Waals surface area contributed by atoms with E-state index in [9.17, 15) is 24.1 Å². The molecule has 7 nitrogen and oxygen atoms in total. The molecule has 2 aromatic rings. The molecule has 120 valence electrons. The number of pyridine rings is 1. The summed E-state index contributed by atoms with van der Waals surface area (Å²) in [6, 6.07) is 6.85. The summed E-state index contributed by atoms with van der Waals surface area (Å²) in [5.74, 6) is -0.601. The highest BCUT2D eigenvalue weighted by Crippen LogP contribution is 2.04. The van der Waals surface area contributed by atoms with Crippen LogP contribution < -0.4 is 10.7 Å². The first-order valence-electron chi connectivity index (χ1n) is 6.81. The molecule has 0 aliphatic heterocycles. The number of benzene rings is 1. The van der Waals surface area contributed by atoms with Crippen molar-refractivity contribution >= 4 is 11.6 Å². The molecule has 0 radical (unpaired) electrons. The van der Waals surface area contributed by atoms with E-state index in [2.05, 4.69) is 5.32 Å². The smallest absolute Gasteiger partial charge is 0.332 e. The maximum absolute atomic E-state index is 12.8. The second-order valence-corrected chi connectivity index (χ2v) is 4.84. The van der Waals surface area contributed by atoms with E-state index in [1.54, 1.807) is 12.1 Å². The molecule has 0 spiro atoms. The fourth-order valence-corrected chi connectivity index (χ4v) is 1.91. The zero-order chi connectivity index (χ0) is 16.8. The third kappa shape index (κ3) is 4.73. The van der Waals surface area contributed by atoms with Crippen LogP contribution in [0.15, 0.2) is 47.5 Å². The molecule has 23 heavy (non-hydrogen) atoms. The van der Waals surface area contributed by atoms with Gasteiger partial charge >= 0.3 is 5.69 Å². The Hall–Kier alpha value is -3.03.